The molecule has 0 saturated heterocycles. The van der Waals surface area contributed by atoms with E-state index in [0.29, 0.717) is 5.92 Å². The van der Waals surface area contributed by atoms with Crippen molar-refractivity contribution in [2.24, 2.45) is 0 Å². The molecule has 0 amide bonds. The van der Waals surface area contributed by atoms with Gasteiger partial charge in [-0.15, -0.1) is 0 Å². The van der Waals surface area contributed by atoms with E-state index in [1.54, 1.807) is 0 Å². The number of nitrogens with zero attached hydrogens (tertiary/aromatic N) is 2. The van der Waals surface area contributed by atoms with Crippen LogP contribution in [0.3, 0.4) is 0 Å². The smallest absolute Gasteiger partial charge is 0.109 e. The molecule has 0 saturated carbocycles. The number of aromatic nitrogens is 2. The first-order valence-electron chi connectivity index (χ1n) is 6.92. The van der Waals surface area contributed by atoms with Crippen molar-refractivity contribution < 1.29 is 0 Å². The molecule has 0 unspecified atom stereocenters. The molecular formula is C15H24N4. The molecule has 1 heterocycles. The Hall–Kier alpha value is -1.39. The molecule has 2 N–H and O–H groups in total. The molecule has 4 heteroatoms. The monoisotopic (exact) mass is 260 g/mol. The minimum Gasteiger partial charge on any atom is -0.342 e. The zero-order valence-electron chi connectivity index (χ0n) is 12.3. The van der Waals surface area contributed by atoms with Crippen LogP contribution in [0.5, 0.6) is 0 Å². The van der Waals surface area contributed by atoms with Crippen LogP contribution >= 0.6 is 0 Å². The van der Waals surface area contributed by atoms with E-state index in [1.807, 2.05) is 7.05 Å². The van der Waals surface area contributed by atoms with E-state index < -0.39 is 0 Å². The number of hydrogen-bond acceptors (Lipinski definition) is 3. The molecule has 104 valence electrons. The van der Waals surface area contributed by atoms with Crippen molar-refractivity contribution in [3.63, 3.8) is 0 Å². The average Bonchev–Trinajstić information content (AvgIpc) is 2.79. The van der Waals surface area contributed by atoms with Gasteiger partial charge in [0, 0.05) is 25.6 Å². The third-order valence-electron chi connectivity index (χ3n) is 3.31. The Morgan fingerprint density at radius 1 is 1.37 bits per heavy atom. The van der Waals surface area contributed by atoms with Gasteiger partial charge in [0.05, 0.1) is 11.0 Å². The maximum atomic E-state index is 4.60. The Morgan fingerprint density at radius 2 is 2.16 bits per heavy atom. The Labute approximate surface area is 115 Å². The van der Waals surface area contributed by atoms with Gasteiger partial charge in [0.2, 0.25) is 0 Å². The highest BCUT2D eigenvalue weighted by atomic mass is 15.1. The number of benzene rings is 1. The Kier molecular flexibility index (Phi) is 4.56. The van der Waals surface area contributed by atoms with Gasteiger partial charge in [-0.25, -0.2) is 4.98 Å². The summed E-state index contributed by atoms with van der Waals surface area (Å²) in [6.07, 6.45) is 0. The van der Waals surface area contributed by atoms with Crippen LogP contribution in [0, 0.1) is 0 Å². The van der Waals surface area contributed by atoms with Crippen LogP contribution in [-0.4, -0.2) is 42.1 Å². The third-order valence-corrected chi connectivity index (χ3v) is 3.31. The molecule has 1 aromatic carbocycles. The van der Waals surface area contributed by atoms with E-state index in [2.05, 4.69) is 59.3 Å². The number of imidazole rings is 1. The van der Waals surface area contributed by atoms with Crippen molar-refractivity contribution in [3.8, 4) is 0 Å². The molecule has 0 fully saturated rings. The molecule has 0 aliphatic heterocycles. The molecule has 4 nitrogen and oxygen atoms in total. The summed E-state index contributed by atoms with van der Waals surface area (Å²) < 4.78 is 0. The summed E-state index contributed by atoms with van der Waals surface area (Å²) in [5.74, 6) is 1.50. The van der Waals surface area contributed by atoms with Gasteiger partial charge in [-0.3, -0.25) is 0 Å². The van der Waals surface area contributed by atoms with Crippen LogP contribution in [0.15, 0.2) is 18.2 Å². The van der Waals surface area contributed by atoms with Crippen molar-refractivity contribution in [3.05, 3.63) is 29.6 Å². The number of rotatable bonds is 6. The molecule has 0 atom stereocenters. The highest BCUT2D eigenvalue weighted by Gasteiger charge is 2.07. The van der Waals surface area contributed by atoms with Crippen molar-refractivity contribution in [1.82, 2.24) is 20.2 Å². The van der Waals surface area contributed by atoms with Crippen LogP contribution in [-0.2, 0) is 6.54 Å². The minimum absolute atomic E-state index is 0.439. The second-order valence-corrected chi connectivity index (χ2v) is 5.47. The number of fused-ring (bicyclic) bond motifs is 1. The Morgan fingerprint density at radius 3 is 2.84 bits per heavy atom. The quantitative estimate of drug-likeness (QED) is 0.838. The van der Waals surface area contributed by atoms with Gasteiger partial charge >= 0.3 is 0 Å². The highest BCUT2D eigenvalue weighted by Crippen LogP contribution is 2.18. The lowest BCUT2D eigenvalue weighted by molar-refractivity contribution is 0.328. The molecule has 0 spiro atoms. The van der Waals surface area contributed by atoms with Crippen LogP contribution in [0.1, 0.15) is 31.2 Å². The SMILES string of the molecule is CNCCN(C)Cc1ccc2nc(C(C)C)[nH]c2c1. The Bertz CT molecular complexity index is 530. The molecule has 1 aromatic heterocycles. The maximum absolute atomic E-state index is 4.60. The van der Waals surface area contributed by atoms with Crippen LogP contribution in [0.4, 0.5) is 0 Å². The summed E-state index contributed by atoms with van der Waals surface area (Å²) in [4.78, 5) is 10.3. The summed E-state index contributed by atoms with van der Waals surface area (Å²) in [5.41, 5.74) is 3.53. The summed E-state index contributed by atoms with van der Waals surface area (Å²) in [6.45, 7) is 7.34. The van der Waals surface area contributed by atoms with Gasteiger partial charge in [-0.1, -0.05) is 19.9 Å². The van der Waals surface area contributed by atoms with Crippen molar-refractivity contribution in [2.75, 3.05) is 27.2 Å². The number of H-pyrrole nitrogens is 1. The lowest BCUT2D eigenvalue weighted by Crippen LogP contribution is -2.26. The average molecular weight is 260 g/mol. The summed E-state index contributed by atoms with van der Waals surface area (Å²) in [5, 5.41) is 3.17. The number of hydrogen-bond donors (Lipinski definition) is 2. The molecule has 19 heavy (non-hydrogen) atoms. The van der Waals surface area contributed by atoms with Gasteiger partial charge in [0.25, 0.3) is 0 Å². The number of nitrogens with one attached hydrogen (secondary N) is 2. The highest BCUT2D eigenvalue weighted by molar-refractivity contribution is 5.75. The largest absolute Gasteiger partial charge is 0.342 e. The van der Waals surface area contributed by atoms with Gasteiger partial charge < -0.3 is 15.2 Å². The second kappa shape index (κ2) is 6.17. The van der Waals surface area contributed by atoms with Crippen molar-refractivity contribution in [1.29, 1.82) is 0 Å². The predicted octanol–water partition coefficient (Wildman–Crippen LogP) is 2.34. The lowest BCUT2D eigenvalue weighted by Gasteiger charge is -2.16. The van der Waals surface area contributed by atoms with E-state index in [9.17, 15) is 0 Å². The fraction of sp³-hybridized carbons (Fsp3) is 0.533. The predicted molar refractivity (Wildman–Crippen MR) is 80.4 cm³/mol. The fourth-order valence-electron chi connectivity index (χ4n) is 2.14. The first-order chi connectivity index (χ1) is 9.10. The standard InChI is InChI=1S/C15H24N4/c1-11(2)15-17-13-6-5-12(9-14(13)18-15)10-19(4)8-7-16-3/h5-6,9,11,16H,7-8,10H2,1-4H3,(H,17,18). The summed E-state index contributed by atoms with van der Waals surface area (Å²) in [7, 11) is 4.13. The molecular weight excluding hydrogens is 236 g/mol. The maximum Gasteiger partial charge on any atom is 0.109 e. The fourth-order valence-corrected chi connectivity index (χ4v) is 2.14. The van der Waals surface area contributed by atoms with E-state index >= 15 is 0 Å². The first-order valence-corrected chi connectivity index (χ1v) is 6.92. The van der Waals surface area contributed by atoms with Crippen LogP contribution in [0.25, 0.3) is 11.0 Å². The van der Waals surface area contributed by atoms with Crippen molar-refractivity contribution >= 4 is 11.0 Å². The first kappa shape index (κ1) is 14.0. The third kappa shape index (κ3) is 3.55. The second-order valence-electron chi connectivity index (χ2n) is 5.47. The normalized spacial score (nSPS) is 11.9. The van der Waals surface area contributed by atoms with E-state index in [-0.39, 0.29) is 0 Å². The molecule has 0 aliphatic rings. The zero-order chi connectivity index (χ0) is 13.8. The van der Waals surface area contributed by atoms with Gasteiger partial charge in [0.15, 0.2) is 0 Å². The zero-order valence-corrected chi connectivity index (χ0v) is 12.3. The molecule has 0 bridgehead atoms. The molecule has 0 aliphatic carbocycles. The van der Waals surface area contributed by atoms with Crippen LogP contribution < -0.4 is 5.32 Å². The van der Waals surface area contributed by atoms with E-state index in [4.69, 9.17) is 0 Å². The van der Waals surface area contributed by atoms with E-state index in [1.165, 1.54) is 5.56 Å². The minimum atomic E-state index is 0.439. The van der Waals surface area contributed by atoms with Crippen molar-refractivity contribution in [2.45, 2.75) is 26.3 Å². The van der Waals surface area contributed by atoms with Gasteiger partial charge in [-0.2, -0.15) is 0 Å². The number of likely N-dealkylation sites (N-methyl/N-ethyl adjacent to an activating group) is 2. The van der Waals surface area contributed by atoms with Gasteiger partial charge in [-0.05, 0) is 31.8 Å². The van der Waals surface area contributed by atoms with E-state index in [0.717, 1.165) is 36.5 Å². The molecule has 2 aromatic rings. The molecule has 0 radical (unpaired) electrons. The van der Waals surface area contributed by atoms with Gasteiger partial charge in [0.1, 0.15) is 5.82 Å². The molecule has 2 rings (SSSR count). The Balaban J connectivity index is 2.12. The summed E-state index contributed by atoms with van der Waals surface area (Å²) >= 11 is 0. The van der Waals surface area contributed by atoms with Crippen LogP contribution in [0.2, 0.25) is 0 Å². The lowest BCUT2D eigenvalue weighted by atomic mass is 10.2. The summed E-state index contributed by atoms with van der Waals surface area (Å²) in [6, 6.07) is 6.49. The number of aromatic amines is 1. The topological polar surface area (TPSA) is 44.0 Å².